The molecule has 0 aliphatic rings. The summed E-state index contributed by atoms with van der Waals surface area (Å²) in [7, 11) is 0. The molecule has 6 nitrogen and oxygen atoms in total. The SMILES string of the molecule is CCOC(=O)c1ncn(CCOc2ccccc2)c1O. The van der Waals surface area contributed by atoms with Gasteiger partial charge in [-0.1, -0.05) is 18.2 Å². The summed E-state index contributed by atoms with van der Waals surface area (Å²) in [5.74, 6) is -0.0921. The van der Waals surface area contributed by atoms with E-state index in [1.54, 1.807) is 6.92 Å². The van der Waals surface area contributed by atoms with Gasteiger partial charge in [-0.3, -0.25) is 4.57 Å². The number of imidazole rings is 1. The molecule has 6 heteroatoms. The van der Waals surface area contributed by atoms with Crippen LogP contribution in [0.2, 0.25) is 0 Å². The van der Waals surface area contributed by atoms with Gasteiger partial charge in [0.25, 0.3) is 0 Å². The molecule has 0 aliphatic heterocycles. The fourth-order valence-electron chi connectivity index (χ4n) is 1.66. The summed E-state index contributed by atoms with van der Waals surface area (Å²) in [5.41, 5.74) is -0.0773. The second-order valence-electron chi connectivity index (χ2n) is 3.99. The highest BCUT2D eigenvalue weighted by Crippen LogP contribution is 2.16. The van der Waals surface area contributed by atoms with E-state index >= 15 is 0 Å². The molecule has 0 spiro atoms. The summed E-state index contributed by atoms with van der Waals surface area (Å²) in [6, 6.07) is 9.35. The third kappa shape index (κ3) is 3.28. The predicted molar refractivity (Wildman–Crippen MR) is 71.8 cm³/mol. The monoisotopic (exact) mass is 276 g/mol. The van der Waals surface area contributed by atoms with Crippen LogP contribution in [0.3, 0.4) is 0 Å². The number of hydrogen-bond acceptors (Lipinski definition) is 5. The number of aromatic nitrogens is 2. The van der Waals surface area contributed by atoms with E-state index < -0.39 is 5.97 Å². The standard InChI is InChI=1S/C14H16N2O4/c1-2-19-14(18)12-13(17)16(10-15-12)8-9-20-11-6-4-3-5-7-11/h3-7,10,17H,2,8-9H2,1H3. The van der Waals surface area contributed by atoms with E-state index in [1.807, 2.05) is 30.3 Å². The number of carbonyl (C=O) groups is 1. The second kappa shape index (κ2) is 6.60. The molecule has 0 saturated heterocycles. The summed E-state index contributed by atoms with van der Waals surface area (Å²) >= 11 is 0. The van der Waals surface area contributed by atoms with Crippen LogP contribution in [0.25, 0.3) is 0 Å². The average molecular weight is 276 g/mol. The van der Waals surface area contributed by atoms with Gasteiger partial charge in [-0.05, 0) is 19.1 Å². The zero-order chi connectivity index (χ0) is 14.4. The molecular formula is C14H16N2O4. The maximum atomic E-state index is 11.5. The van der Waals surface area contributed by atoms with Crippen molar-refractivity contribution < 1.29 is 19.4 Å². The highest BCUT2D eigenvalue weighted by molar-refractivity contribution is 5.89. The minimum Gasteiger partial charge on any atom is -0.493 e. The summed E-state index contributed by atoms with van der Waals surface area (Å²) in [5, 5.41) is 9.87. The van der Waals surface area contributed by atoms with Gasteiger partial charge in [-0.25, -0.2) is 9.78 Å². The second-order valence-corrected chi connectivity index (χ2v) is 3.99. The molecule has 20 heavy (non-hydrogen) atoms. The zero-order valence-corrected chi connectivity index (χ0v) is 11.2. The highest BCUT2D eigenvalue weighted by Gasteiger charge is 2.18. The predicted octanol–water partition coefficient (Wildman–Crippen LogP) is 1.84. The average Bonchev–Trinajstić information content (AvgIpc) is 2.82. The zero-order valence-electron chi connectivity index (χ0n) is 11.2. The van der Waals surface area contributed by atoms with Crippen molar-refractivity contribution in [1.29, 1.82) is 0 Å². The quantitative estimate of drug-likeness (QED) is 0.815. The van der Waals surface area contributed by atoms with Gasteiger partial charge < -0.3 is 14.6 Å². The number of carbonyl (C=O) groups excluding carboxylic acids is 1. The van der Waals surface area contributed by atoms with Crippen LogP contribution in [-0.2, 0) is 11.3 Å². The molecule has 1 heterocycles. The van der Waals surface area contributed by atoms with Gasteiger partial charge in [0.1, 0.15) is 12.4 Å². The van der Waals surface area contributed by atoms with E-state index in [1.165, 1.54) is 10.9 Å². The van der Waals surface area contributed by atoms with Crippen LogP contribution < -0.4 is 4.74 Å². The number of nitrogens with zero attached hydrogens (tertiary/aromatic N) is 2. The van der Waals surface area contributed by atoms with Crippen molar-refractivity contribution in [2.75, 3.05) is 13.2 Å². The Hall–Kier alpha value is -2.50. The Kier molecular flexibility index (Phi) is 4.60. The van der Waals surface area contributed by atoms with Crippen molar-refractivity contribution in [3.8, 4) is 11.6 Å². The number of esters is 1. The van der Waals surface area contributed by atoms with Crippen molar-refractivity contribution in [3.63, 3.8) is 0 Å². The van der Waals surface area contributed by atoms with Gasteiger partial charge in [-0.15, -0.1) is 0 Å². The molecule has 0 amide bonds. The minimum absolute atomic E-state index is 0.0773. The van der Waals surface area contributed by atoms with Crippen LogP contribution in [0.15, 0.2) is 36.7 Å². The lowest BCUT2D eigenvalue weighted by Gasteiger charge is -2.07. The summed E-state index contributed by atoms with van der Waals surface area (Å²) in [6.07, 6.45) is 1.38. The highest BCUT2D eigenvalue weighted by atomic mass is 16.5. The van der Waals surface area contributed by atoms with Crippen molar-refractivity contribution in [2.24, 2.45) is 0 Å². The molecule has 1 N–H and O–H groups in total. The molecule has 2 rings (SSSR count). The lowest BCUT2D eigenvalue weighted by Crippen LogP contribution is -2.08. The van der Waals surface area contributed by atoms with Crippen molar-refractivity contribution in [1.82, 2.24) is 9.55 Å². The third-order valence-electron chi connectivity index (χ3n) is 2.62. The van der Waals surface area contributed by atoms with Crippen molar-refractivity contribution >= 4 is 5.97 Å². The number of hydrogen-bond donors (Lipinski definition) is 1. The van der Waals surface area contributed by atoms with Gasteiger partial charge in [0, 0.05) is 0 Å². The van der Waals surface area contributed by atoms with Gasteiger partial charge >= 0.3 is 5.97 Å². The van der Waals surface area contributed by atoms with E-state index in [0.717, 1.165) is 5.75 Å². The van der Waals surface area contributed by atoms with Crippen LogP contribution >= 0.6 is 0 Å². The van der Waals surface area contributed by atoms with E-state index in [-0.39, 0.29) is 18.2 Å². The maximum Gasteiger partial charge on any atom is 0.362 e. The van der Waals surface area contributed by atoms with Crippen molar-refractivity contribution in [3.05, 3.63) is 42.4 Å². The first kappa shape index (κ1) is 13.9. The molecular weight excluding hydrogens is 260 g/mol. The number of para-hydroxylation sites is 1. The van der Waals surface area contributed by atoms with Crippen LogP contribution in [-0.4, -0.2) is 33.8 Å². The fraction of sp³-hybridized carbons (Fsp3) is 0.286. The lowest BCUT2D eigenvalue weighted by molar-refractivity contribution is 0.0516. The first-order chi connectivity index (χ1) is 9.72. The van der Waals surface area contributed by atoms with Gasteiger partial charge in [-0.2, -0.15) is 0 Å². The summed E-state index contributed by atoms with van der Waals surface area (Å²) < 4.78 is 11.7. The summed E-state index contributed by atoms with van der Waals surface area (Å²) in [4.78, 5) is 15.3. The molecule has 0 aliphatic carbocycles. The lowest BCUT2D eigenvalue weighted by atomic mass is 10.3. The van der Waals surface area contributed by atoms with Crippen molar-refractivity contribution in [2.45, 2.75) is 13.5 Å². The molecule has 0 unspecified atom stereocenters. The molecule has 0 saturated carbocycles. The van der Waals surface area contributed by atoms with Gasteiger partial charge in [0.05, 0.1) is 19.5 Å². The maximum absolute atomic E-state index is 11.5. The van der Waals surface area contributed by atoms with Crippen LogP contribution in [0.1, 0.15) is 17.4 Å². The van der Waals surface area contributed by atoms with E-state index in [0.29, 0.717) is 13.2 Å². The smallest absolute Gasteiger partial charge is 0.362 e. The largest absolute Gasteiger partial charge is 0.493 e. The minimum atomic E-state index is -0.632. The molecule has 0 radical (unpaired) electrons. The third-order valence-corrected chi connectivity index (χ3v) is 2.62. The molecule has 1 aromatic heterocycles. The molecule has 0 atom stereocenters. The van der Waals surface area contributed by atoms with E-state index in [4.69, 9.17) is 9.47 Å². The number of benzene rings is 1. The Bertz CT molecular complexity index is 566. The molecule has 1 aromatic carbocycles. The van der Waals surface area contributed by atoms with Gasteiger partial charge in [0.2, 0.25) is 11.6 Å². The van der Waals surface area contributed by atoms with Crippen LogP contribution in [0.4, 0.5) is 0 Å². The molecule has 0 bridgehead atoms. The fourth-order valence-corrected chi connectivity index (χ4v) is 1.66. The van der Waals surface area contributed by atoms with E-state index in [2.05, 4.69) is 4.98 Å². The topological polar surface area (TPSA) is 73.6 Å². The number of rotatable bonds is 6. The van der Waals surface area contributed by atoms with Crippen LogP contribution in [0.5, 0.6) is 11.6 Å². The summed E-state index contributed by atoms with van der Waals surface area (Å²) in [6.45, 7) is 2.67. The Morgan fingerprint density at radius 2 is 2.10 bits per heavy atom. The first-order valence-corrected chi connectivity index (χ1v) is 6.31. The Balaban J connectivity index is 1.92. The Labute approximate surface area is 116 Å². The molecule has 0 fully saturated rings. The normalized spacial score (nSPS) is 10.2. The first-order valence-electron chi connectivity index (χ1n) is 6.31. The number of ether oxygens (including phenoxy) is 2. The Morgan fingerprint density at radius 3 is 2.80 bits per heavy atom. The van der Waals surface area contributed by atoms with Gasteiger partial charge in [0.15, 0.2) is 0 Å². The van der Waals surface area contributed by atoms with E-state index in [9.17, 15) is 9.90 Å². The van der Waals surface area contributed by atoms with Crippen LogP contribution in [0, 0.1) is 0 Å². The Morgan fingerprint density at radius 1 is 1.35 bits per heavy atom. The molecule has 2 aromatic rings. The molecule has 106 valence electrons. The number of aromatic hydroxyl groups is 1.